The van der Waals surface area contributed by atoms with Crippen molar-refractivity contribution in [2.45, 2.75) is 171 Å². The molecule has 1 heterocycles. The third-order valence-corrected chi connectivity index (χ3v) is 17.3. The third kappa shape index (κ3) is 43.0. The van der Waals surface area contributed by atoms with Crippen molar-refractivity contribution >= 4 is 140 Å². The number of nitrogens with two attached hydrogens (primary N) is 17. The summed E-state index contributed by atoms with van der Waals surface area (Å²) >= 11 is 0.830. The van der Waals surface area contributed by atoms with Crippen LogP contribution in [0, 0.1) is 0 Å². The van der Waals surface area contributed by atoms with Crippen molar-refractivity contribution in [1.82, 2.24) is 47.9 Å². The Balaban J connectivity index is 0.000000780. The number of carbonyl (C=O) groups excluding carboxylic acids is 11. The number of nitrogens with one attached hydrogen (secondary N) is 9. The number of benzene rings is 2. The molecule has 0 aliphatic carbocycles. The van der Waals surface area contributed by atoms with E-state index < -0.39 is 107 Å². The lowest BCUT2D eigenvalue weighted by Gasteiger charge is -2.27. The van der Waals surface area contributed by atoms with Gasteiger partial charge in [-0.3, -0.25) is 98.0 Å². The number of likely N-dealkylation sites (N-methyl/N-ethyl adjacent to an activating group) is 1. The minimum atomic E-state index is -1.26. The number of guanidine groups is 8. The summed E-state index contributed by atoms with van der Waals surface area (Å²) < 4.78 is 6.05. The Hall–Kier alpha value is -12.7. The Morgan fingerprint density at radius 2 is 0.687 bits per heavy atom. The number of aliphatic imine (C=N–C) groups is 8. The molecule has 3 rings (SSSR count). The molecule has 2 aromatic carbocycles. The van der Waals surface area contributed by atoms with Crippen molar-refractivity contribution in [3.63, 3.8) is 0 Å². The number of thioether (sulfide) groups is 1. The molecule has 47 heteroatoms. The maximum Gasteiger partial charge on any atom is 0.290 e. The zero-order chi connectivity index (χ0) is 86.0. The second kappa shape index (κ2) is 54.8. The van der Waals surface area contributed by atoms with E-state index in [0.717, 1.165) is 28.1 Å². The van der Waals surface area contributed by atoms with Crippen molar-refractivity contribution in [2.24, 2.45) is 137 Å². The Morgan fingerprint density at radius 3 is 1.00 bits per heavy atom. The van der Waals surface area contributed by atoms with Gasteiger partial charge in [-0.1, -0.05) is 30.3 Å². The van der Waals surface area contributed by atoms with E-state index in [1.165, 1.54) is 6.92 Å². The topological polar surface area (TPSA) is 846 Å². The largest absolute Gasteiger partial charge is 0.493 e. The second-order valence-corrected chi connectivity index (χ2v) is 26.9. The van der Waals surface area contributed by atoms with Crippen LogP contribution >= 0.6 is 11.8 Å². The van der Waals surface area contributed by atoms with E-state index in [9.17, 15) is 52.7 Å². The summed E-state index contributed by atoms with van der Waals surface area (Å²) in [4.78, 5) is 175. The number of nitrogens with zero attached hydrogens (tertiary/aromatic N) is 8. The van der Waals surface area contributed by atoms with Crippen molar-refractivity contribution in [2.75, 3.05) is 66.0 Å². The number of carbonyl (C=O) groups is 11. The number of Topliss-reactive ketones (excluding diaryl/α,β-unsaturated/α-hetero) is 1. The quantitative estimate of drug-likeness (QED) is 0.0127. The summed E-state index contributed by atoms with van der Waals surface area (Å²) in [6.45, 7) is 2.93. The monoisotopic (exact) mass is 1630 g/mol. The molecule has 8 atom stereocenters. The fourth-order valence-electron chi connectivity index (χ4n) is 10.9. The Kier molecular flexibility index (Phi) is 46.9. The molecule has 638 valence electrons. The molecule has 2 aromatic rings. The zero-order valence-electron chi connectivity index (χ0n) is 65.0. The Labute approximate surface area is 669 Å². The number of hydrogen-bond acceptors (Lipinski definition) is 22. The molecular formula is C68H118N34O12S. The van der Waals surface area contributed by atoms with Crippen LogP contribution in [0.4, 0.5) is 4.79 Å². The number of primary amides is 1. The average molecular weight is 1640 g/mol. The highest BCUT2D eigenvalue weighted by molar-refractivity contribution is 8.18. The smallest absolute Gasteiger partial charge is 0.290 e. The summed E-state index contributed by atoms with van der Waals surface area (Å²) in [6, 6.07) is 2.40. The van der Waals surface area contributed by atoms with Crippen molar-refractivity contribution < 1.29 is 57.5 Å². The van der Waals surface area contributed by atoms with Crippen LogP contribution in [-0.2, 0) is 47.9 Å². The van der Waals surface area contributed by atoms with Crippen LogP contribution in [-0.4, -0.2) is 226 Å². The lowest BCUT2D eigenvalue weighted by molar-refractivity contribution is -0.135. The van der Waals surface area contributed by atoms with Gasteiger partial charge >= 0.3 is 0 Å². The standard InChI is InChI=1S/C37H53N13O7S.C31H65N21O5/c1-21(51)25(10-4-16-44-34(38)39)48-32(54)27(12-6-18-46-36(42)43)49-31(53)26(11-5-17-45-35(40)41)47-30(52)13-7-19-57-28-15-14-22(23-8-2-3-9-24(23)28)20-29-33(55)50-37(56)58-29;1-43-18(8-3-13-45-28(35)36)23(54)50-20(10-5-15-47-30(39)40)25(56)52-21(11-6-16-48-31(41)42)26(57)51-19(9-4-14-46-29(37)38)24(55)49-17(22(32)53)7-2-12-44-27(33)34/h2-3,8-9,14-15,20,25-27H,4-7,10-13,16-19H2,1H3,(H,47,52)(H,48,54)(H,49,53)(H4,38,39,44)(H4,40,41,45)(H4,42,43,46)(H,50,55,56);17-21,43H,2-16H2,1H3,(H2,32,53)(H,49,55)(H,50,54)(H,51,57)(H,52,56)(H4,33,34,44)(H4,35,36,45)(H4,37,38,46)(H4,39,40,47)(H4,41,42,48)/b29-20-;/t25-,26-,27-;17-,18-,19-,20-,21-/m00/s1. The van der Waals surface area contributed by atoms with Crippen LogP contribution in [0.1, 0.15) is 128 Å². The lowest BCUT2D eigenvalue weighted by Crippen LogP contribution is -2.58. The summed E-state index contributed by atoms with van der Waals surface area (Å²) in [5.41, 5.74) is 93.0. The van der Waals surface area contributed by atoms with E-state index in [4.69, 9.17) is 102 Å². The fraction of sp³-hybridized carbons (Fsp3) is 0.544. The first-order valence-electron chi connectivity index (χ1n) is 36.9. The van der Waals surface area contributed by atoms with Gasteiger partial charge in [-0.05, 0) is 158 Å². The third-order valence-electron chi connectivity index (χ3n) is 16.5. The van der Waals surface area contributed by atoms with E-state index in [2.05, 4.69) is 87.8 Å². The highest BCUT2D eigenvalue weighted by atomic mass is 32.2. The van der Waals surface area contributed by atoms with Gasteiger partial charge in [-0.2, -0.15) is 0 Å². The van der Waals surface area contributed by atoms with Crippen LogP contribution in [0.3, 0.4) is 0 Å². The molecule has 1 fully saturated rings. The molecule has 0 spiro atoms. The van der Waals surface area contributed by atoms with Crippen LogP contribution in [0.2, 0.25) is 0 Å². The molecule has 1 saturated heterocycles. The van der Waals surface area contributed by atoms with Gasteiger partial charge in [0.1, 0.15) is 42.0 Å². The molecule has 115 heavy (non-hydrogen) atoms. The summed E-state index contributed by atoms with van der Waals surface area (Å²) in [5.74, 6) is -6.53. The minimum absolute atomic E-state index is 0.00271. The average Bonchev–Trinajstić information content (AvgIpc) is 1.79. The molecule has 10 amide bonds. The van der Waals surface area contributed by atoms with Crippen LogP contribution in [0.25, 0.3) is 16.8 Å². The molecule has 0 unspecified atom stereocenters. The number of ketones is 1. The maximum absolute atomic E-state index is 13.9. The predicted molar refractivity (Wildman–Crippen MR) is 443 cm³/mol. The Bertz CT molecular complexity index is 3820. The SMILES string of the molecule is CC(=O)[C@H](CCCN=C(N)N)NC(=O)[C@H](CCCN=C(N)N)NC(=O)[C@H](CCCN=C(N)N)NC(=O)CCCOc1ccc(/C=C2\SC(=O)NC2=O)c2ccccc12.CN[C@@H](CCCN=C(N)N)C(=O)N[C@@H](CCCN=C(N)N)C(=O)N[C@@H](CCCN=C(N)N)C(=O)N[C@@H](CCCN=C(N)N)C(=O)N[C@@H](CCCN=C(N)N)C(N)=O. The number of amides is 10. The fourth-order valence-corrected chi connectivity index (χ4v) is 11.5. The first-order chi connectivity index (χ1) is 54.5. The van der Waals surface area contributed by atoms with E-state index >= 15 is 0 Å². The van der Waals surface area contributed by atoms with Gasteiger partial charge in [-0.25, -0.2) is 0 Å². The molecule has 43 N–H and O–H groups in total. The number of ether oxygens (including phenoxy) is 1. The summed E-state index contributed by atoms with van der Waals surface area (Å²) in [5, 5.41) is 25.1. The number of hydrogen-bond donors (Lipinski definition) is 26. The molecule has 46 nitrogen and oxygen atoms in total. The van der Waals surface area contributed by atoms with E-state index in [1.54, 1.807) is 25.3 Å². The number of fused-ring (bicyclic) bond motifs is 1. The first-order valence-corrected chi connectivity index (χ1v) is 37.7. The van der Waals surface area contributed by atoms with E-state index in [-0.39, 0.29) is 188 Å². The van der Waals surface area contributed by atoms with Gasteiger partial charge in [-0.15, -0.1) is 0 Å². The van der Waals surface area contributed by atoms with Crippen molar-refractivity contribution in [3.8, 4) is 5.75 Å². The molecular weight excluding hydrogens is 1520 g/mol. The molecule has 1 aliphatic heterocycles. The normalized spacial score (nSPS) is 13.8. The summed E-state index contributed by atoms with van der Waals surface area (Å²) in [6.07, 6.45) is 5.47. The van der Waals surface area contributed by atoms with E-state index in [0.29, 0.717) is 50.7 Å². The van der Waals surface area contributed by atoms with Crippen molar-refractivity contribution in [3.05, 3.63) is 46.9 Å². The van der Waals surface area contributed by atoms with Gasteiger partial charge in [0.2, 0.25) is 47.3 Å². The molecule has 0 bridgehead atoms. The highest BCUT2D eigenvalue weighted by Gasteiger charge is 2.34. The van der Waals surface area contributed by atoms with Crippen LogP contribution < -0.4 is 150 Å². The van der Waals surface area contributed by atoms with Crippen molar-refractivity contribution in [1.29, 1.82) is 0 Å². The first kappa shape index (κ1) is 98.4. The second-order valence-electron chi connectivity index (χ2n) is 25.9. The van der Waals surface area contributed by atoms with Gasteiger partial charge in [0.05, 0.1) is 23.6 Å². The van der Waals surface area contributed by atoms with E-state index in [1.807, 2.05) is 24.3 Å². The molecule has 1 aliphatic rings. The molecule has 0 saturated carbocycles. The number of imide groups is 1. The summed E-state index contributed by atoms with van der Waals surface area (Å²) in [7, 11) is 1.58. The Morgan fingerprint density at radius 1 is 0.391 bits per heavy atom. The minimum Gasteiger partial charge on any atom is -0.493 e. The molecule has 0 aromatic heterocycles. The van der Waals surface area contributed by atoms with Gasteiger partial charge < -0.3 is 145 Å². The lowest BCUT2D eigenvalue weighted by atomic mass is 10.0. The molecule has 0 radical (unpaired) electrons. The highest BCUT2D eigenvalue weighted by Crippen LogP contribution is 2.33. The van der Waals surface area contributed by atoms with Gasteiger partial charge in [0, 0.05) is 64.2 Å². The number of rotatable bonds is 54. The van der Waals surface area contributed by atoms with Crippen LogP contribution in [0.5, 0.6) is 5.75 Å². The maximum atomic E-state index is 13.9. The van der Waals surface area contributed by atoms with Crippen LogP contribution in [0.15, 0.2) is 81.2 Å². The van der Waals surface area contributed by atoms with Gasteiger partial charge in [0.25, 0.3) is 11.1 Å². The predicted octanol–water partition coefficient (Wildman–Crippen LogP) is -8.21. The van der Waals surface area contributed by atoms with Gasteiger partial charge in [0.15, 0.2) is 53.5 Å². The zero-order valence-corrected chi connectivity index (χ0v) is 65.8.